The summed E-state index contributed by atoms with van der Waals surface area (Å²) in [5.41, 5.74) is 2.21. The molecule has 0 saturated heterocycles. The highest BCUT2D eigenvalue weighted by molar-refractivity contribution is 7.09. The molecule has 6 heteroatoms. The molecule has 0 unspecified atom stereocenters. The largest absolute Gasteiger partial charge is 0.461 e. The normalized spacial score (nSPS) is 11.6. The zero-order chi connectivity index (χ0) is 21.6. The highest BCUT2D eigenvalue weighted by Gasteiger charge is 2.21. The molecule has 1 aromatic carbocycles. The van der Waals surface area contributed by atoms with Gasteiger partial charge in [-0.1, -0.05) is 46.8 Å². The lowest BCUT2D eigenvalue weighted by molar-refractivity contribution is 0.0520. The van der Waals surface area contributed by atoms with Crippen molar-refractivity contribution in [1.82, 2.24) is 9.88 Å². The molecule has 0 fully saturated rings. The van der Waals surface area contributed by atoms with E-state index in [9.17, 15) is 9.59 Å². The molecule has 0 bridgehead atoms. The molecule has 1 amide bonds. The van der Waals surface area contributed by atoms with Crippen LogP contribution in [0.25, 0.3) is 0 Å². The van der Waals surface area contributed by atoms with E-state index < -0.39 is 5.97 Å². The van der Waals surface area contributed by atoms with Crippen LogP contribution in [0.1, 0.15) is 79.4 Å². The van der Waals surface area contributed by atoms with Gasteiger partial charge in [-0.05, 0) is 42.4 Å². The Morgan fingerprint density at radius 2 is 1.83 bits per heavy atom. The van der Waals surface area contributed by atoms with Gasteiger partial charge >= 0.3 is 5.97 Å². The van der Waals surface area contributed by atoms with E-state index in [2.05, 4.69) is 39.6 Å². The van der Waals surface area contributed by atoms with Crippen molar-refractivity contribution in [3.63, 3.8) is 0 Å². The van der Waals surface area contributed by atoms with Gasteiger partial charge in [-0.25, -0.2) is 9.78 Å². The van der Waals surface area contributed by atoms with Crippen LogP contribution in [0.4, 0.5) is 0 Å². The zero-order valence-electron chi connectivity index (χ0n) is 18.3. The minimum absolute atomic E-state index is 0.0148. The summed E-state index contributed by atoms with van der Waals surface area (Å²) < 4.78 is 5.01. The Kier molecular flexibility index (Phi) is 7.96. The SMILES string of the molecule is CCOC(=O)c1csc(CN(CCC(C)C)C(=O)c2ccc(C(C)(C)C)cc2)n1. The molecule has 0 N–H and O–H groups in total. The summed E-state index contributed by atoms with van der Waals surface area (Å²) >= 11 is 1.38. The number of nitrogens with zero attached hydrogens (tertiary/aromatic N) is 2. The summed E-state index contributed by atoms with van der Waals surface area (Å²) in [6, 6.07) is 7.85. The monoisotopic (exact) mass is 416 g/mol. The van der Waals surface area contributed by atoms with E-state index >= 15 is 0 Å². The van der Waals surface area contributed by atoms with E-state index in [-0.39, 0.29) is 11.3 Å². The van der Waals surface area contributed by atoms with Crippen LogP contribution >= 0.6 is 11.3 Å². The molecule has 1 heterocycles. The zero-order valence-corrected chi connectivity index (χ0v) is 19.1. The first-order valence-corrected chi connectivity index (χ1v) is 11.0. The third kappa shape index (κ3) is 6.67. The molecule has 2 rings (SSSR count). The van der Waals surface area contributed by atoms with Crippen molar-refractivity contribution in [3.05, 3.63) is 51.5 Å². The number of hydrogen-bond donors (Lipinski definition) is 0. The number of aromatic nitrogens is 1. The molecule has 0 aliphatic carbocycles. The number of esters is 1. The molecule has 0 aliphatic rings. The first kappa shape index (κ1) is 23.1. The highest BCUT2D eigenvalue weighted by Crippen LogP contribution is 2.23. The average Bonchev–Trinajstić information content (AvgIpc) is 3.13. The Labute approximate surface area is 178 Å². The minimum atomic E-state index is -0.423. The molecule has 2 aromatic rings. The van der Waals surface area contributed by atoms with Crippen LogP contribution in [-0.2, 0) is 16.7 Å². The van der Waals surface area contributed by atoms with Gasteiger partial charge in [-0.3, -0.25) is 4.79 Å². The molecule has 29 heavy (non-hydrogen) atoms. The molecule has 158 valence electrons. The fraction of sp³-hybridized carbons (Fsp3) is 0.522. The molecular weight excluding hydrogens is 384 g/mol. The van der Waals surface area contributed by atoms with Crippen molar-refractivity contribution >= 4 is 23.2 Å². The number of benzene rings is 1. The van der Waals surface area contributed by atoms with Gasteiger partial charge < -0.3 is 9.64 Å². The van der Waals surface area contributed by atoms with Gasteiger partial charge in [0.1, 0.15) is 5.01 Å². The van der Waals surface area contributed by atoms with Crippen molar-refractivity contribution in [3.8, 4) is 0 Å². The molecule has 1 aromatic heterocycles. The molecule has 0 spiro atoms. The van der Waals surface area contributed by atoms with E-state index in [0.717, 1.165) is 11.4 Å². The summed E-state index contributed by atoms with van der Waals surface area (Å²) in [6.07, 6.45) is 0.905. The summed E-state index contributed by atoms with van der Waals surface area (Å²) in [6.45, 7) is 13.9. The molecular formula is C23H32N2O3S. The smallest absolute Gasteiger partial charge is 0.357 e. The molecule has 0 radical (unpaired) electrons. The maximum atomic E-state index is 13.2. The molecule has 0 saturated carbocycles. The van der Waals surface area contributed by atoms with Crippen molar-refractivity contribution in [2.24, 2.45) is 5.92 Å². The topological polar surface area (TPSA) is 59.5 Å². The number of amides is 1. The summed E-state index contributed by atoms with van der Waals surface area (Å²) in [5.74, 6) is 0.0479. The fourth-order valence-electron chi connectivity index (χ4n) is 2.81. The first-order valence-electron chi connectivity index (χ1n) is 10.1. The van der Waals surface area contributed by atoms with E-state index in [4.69, 9.17) is 4.74 Å². The Morgan fingerprint density at radius 1 is 1.17 bits per heavy atom. The number of hydrogen-bond acceptors (Lipinski definition) is 5. The van der Waals surface area contributed by atoms with Crippen LogP contribution in [0.2, 0.25) is 0 Å². The predicted molar refractivity (Wildman–Crippen MR) is 117 cm³/mol. The van der Waals surface area contributed by atoms with Gasteiger partial charge in [0, 0.05) is 17.5 Å². The quantitative estimate of drug-likeness (QED) is 0.548. The van der Waals surface area contributed by atoms with Crippen LogP contribution in [0, 0.1) is 5.92 Å². The van der Waals surface area contributed by atoms with Crippen molar-refractivity contribution in [2.45, 2.75) is 59.9 Å². The fourth-order valence-corrected chi connectivity index (χ4v) is 3.59. The summed E-state index contributed by atoms with van der Waals surface area (Å²) in [4.78, 5) is 31.2. The minimum Gasteiger partial charge on any atom is -0.461 e. The lowest BCUT2D eigenvalue weighted by Gasteiger charge is -2.24. The van der Waals surface area contributed by atoms with Gasteiger partial charge in [-0.2, -0.15) is 0 Å². The summed E-state index contributed by atoms with van der Waals surface area (Å²) in [5, 5.41) is 2.42. The average molecular weight is 417 g/mol. The van der Waals surface area contributed by atoms with Crippen LogP contribution in [0.3, 0.4) is 0 Å². The maximum Gasteiger partial charge on any atom is 0.357 e. The number of rotatable bonds is 8. The van der Waals surface area contributed by atoms with E-state index in [1.165, 1.54) is 16.9 Å². The van der Waals surface area contributed by atoms with Crippen LogP contribution < -0.4 is 0 Å². The Bertz CT molecular complexity index is 819. The Hall–Kier alpha value is -2.21. The van der Waals surface area contributed by atoms with Gasteiger partial charge in [-0.15, -0.1) is 11.3 Å². The second-order valence-electron chi connectivity index (χ2n) is 8.58. The number of thiazole rings is 1. The standard InChI is InChI=1S/C23H32N2O3S/c1-7-28-22(27)19-15-29-20(24-19)14-25(13-12-16(2)3)21(26)17-8-10-18(11-9-17)23(4,5)6/h8-11,15-16H,7,12-14H2,1-6H3. The van der Waals surface area contributed by atoms with Crippen molar-refractivity contribution in [1.29, 1.82) is 0 Å². The second-order valence-corrected chi connectivity index (χ2v) is 9.53. The van der Waals surface area contributed by atoms with Gasteiger partial charge in [0.05, 0.1) is 13.2 Å². The van der Waals surface area contributed by atoms with Gasteiger partial charge in [0.15, 0.2) is 5.69 Å². The van der Waals surface area contributed by atoms with E-state index in [0.29, 0.717) is 36.9 Å². The van der Waals surface area contributed by atoms with Crippen LogP contribution in [0.15, 0.2) is 29.6 Å². The van der Waals surface area contributed by atoms with E-state index in [1.54, 1.807) is 12.3 Å². The maximum absolute atomic E-state index is 13.2. The second kappa shape index (κ2) is 10.0. The van der Waals surface area contributed by atoms with Crippen LogP contribution in [-0.4, -0.2) is 34.9 Å². The first-order chi connectivity index (χ1) is 13.6. The lowest BCUT2D eigenvalue weighted by atomic mass is 9.86. The predicted octanol–water partition coefficient (Wildman–Crippen LogP) is 5.31. The third-order valence-corrected chi connectivity index (χ3v) is 5.46. The number of carbonyl (C=O) groups is 2. The Morgan fingerprint density at radius 3 is 2.38 bits per heavy atom. The lowest BCUT2D eigenvalue weighted by Crippen LogP contribution is -2.32. The number of carbonyl (C=O) groups excluding carboxylic acids is 2. The molecule has 0 aliphatic heterocycles. The van der Waals surface area contributed by atoms with E-state index in [1.807, 2.05) is 29.2 Å². The number of ether oxygens (including phenoxy) is 1. The van der Waals surface area contributed by atoms with Crippen LogP contribution in [0.5, 0.6) is 0 Å². The molecule has 0 atom stereocenters. The third-order valence-electron chi connectivity index (χ3n) is 4.62. The van der Waals surface area contributed by atoms with Crippen molar-refractivity contribution < 1.29 is 14.3 Å². The van der Waals surface area contributed by atoms with Gasteiger partial charge in [0.25, 0.3) is 5.91 Å². The highest BCUT2D eigenvalue weighted by atomic mass is 32.1. The Balaban J connectivity index is 2.19. The molecule has 5 nitrogen and oxygen atoms in total. The van der Waals surface area contributed by atoms with Gasteiger partial charge in [0.2, 0.25) is 0 Å². The van der Waals surface area contributed by atoms with Crippen molar-refractivity contribution in [2.75, 3.05) is 13.2 Å². The summed E-state index contributed by atoms with van der Waals surface area (Å²) in [7, 11) is 0.